The first-order valence-corrected chi connectivity index (χ1v) is 7.88. The van der Waals surface area contributed by atoms with Crippen LogP contribution in [0, 0.1) is 0 Å². The molecule has 118 valence electrons. The maximum absolute atomic E-state index is 12.6. The fourth-order valence-corrected chi connectivity index (χ4v) is 2.84. The molecule has 4 aromatic heterocycles. The van der Waals surface area contributed by atoms with Crippen LogP contribution in [0.2, 0.25) is 0 Å². The first-order valence-electron chi connectivity index (χ1n) is 7.88. The van der Waals surface area contributed by atoms with Gasteiger partial charge in [0.05, 0.1) is 5.52 Å². The van der Waals surface area contributed by atoms with Crippen LogP contribution < -0.4 is 5.32 Å². The zero-order valence-electron chi connectivity index (χ0n) is 12.8. The molecule has 7 nitrogen and oxygen atoms in total. The number of aromatic nitrogens is 5. The quantitative estimate of drug-likeness (QED) is 0.626. The van der Waals surface area contributed by atoms with Gasteiger partial charge < -0.3 is 5.32 Å². The summed E-state index contributed by atoms with van der Waals surface area (Å²) in [5.41, 5.74) is 3.56. The molecule has 0 saturated heterocycles. The maximum Gasteiger partial charge on any atom is 0.272 e. The second kappa shape index (κ2) is 4.89. The molecule has 0 atom stereocenters. The fraction of sp³-hybridized carbons (Fsp3) is 0.176. The molecule has 0 radical (unpaired) electrons. The molecule has 1 aliphatic rings. The van der Waals surface area contributed by atoms with E-state index < -0.39 is 0 Å². The van der Waals surface area contributed by atoms with Crippen LogP contribution in [0.3, 0.4) is 0 Å². The minimum Gasteiger partial charge on any atom is -0.348 e. The van der Waals surface area contributed by atoms with E-state index in [9.17, 15) is 4.79 Å². The predicted molar refractivity (Wildman–Crippen MR) is 87.7 cm³/mol. The molecule has 0 unspecified atom stereocenters. The molecule has 4 heterocycles. The highest BCUT2D eigenvalue weighted by molar-refractivity contribution is 5.99. The Kier molecular flexibility index (Phi) is 2.70. The standard InChI is InChI=1S/C17H14N6O/c24-17(20-12-4-5-12)15-16(23-14(21-15)2-1-8-19-23)11-3-6-13-7-9-18-22(13)10-11/h1-3,6-10,12H,4-5H2,(H,20,24). The van der Waals surface area contributed by atoms with Crippen molar-refractivity contribution in [1.82, 2.24) is 29.5 Å². The van der Waals surface area contributed by atoms with Gasteiger partial charge in [-0.05, 0) is 43.2 Å². The molecular weight excluding hydrogens is 304 g/mol. The van der Waals surface area contributed by atoms with Gasteiger partial charge in [0.25, 0.3) is 5.91 Å². The molecule has 4 aromatic rings. The smallest absolute Gasteiger partial charge is 0.272 e. The van der Waals surface area contributed by atoms with Gasteiger partial charge in [-0.2, -0.15) is 10.2 Å². The minimum absolute atomic E-state index is 0.154. The molecule has 0 aliphatic heterocycles. The summed E-state index contributed by atoms with van der Waals surface area (Å²) < 4.78 is 3.48. The van der Waals surface area contributed by atoms with Crippen molar-refractivity contribution in [3.05, 3.63) is 54.6 Å². The summed E-state index contributed by atoms with van der Waals surface area (Å²) in [6.07, 6.45) is 7.39. The van der Waals surface area contributed by atoms with Crippen LogP contribution in [0.25, 0.3) is 22.4 Å². The average molecular weight is 318 g/mol. The Morgan fingerprint density at radius 3 is 2.92 bits per heavy atom. The highest BCUT2D eigenvalue weighted by atomic mass is 16.2. The van der Waals surface area contributed by atoms with Crippen molar-refractivity contribution in [3.63, 3.8) is 0 Å². The lowest BCUT2D eigenvalue weighted by Crippen LogP contribution is -2.26. The van der Waals surface area contributed by atoms with Crippen molar-refractivity contribution >= 4 is 17.1 Å². The molecule has 1 saturated carbocycles. The Hall–Kier alpha value is -3.22. The van der Waals surface area contributed by atoms with E-state index in [1.54, 1.807) is 21.4 Å². The predicted octanol–water partition coefficient (Wildman–Crippen LogP) is 1.94. The van der Waals surface area contributed by atoms with Gasteiger partial charge in [-0.1, -0.05) is 0 Å². The molecule has 5 rings (SSSR count). The van der Waals surface area contributed by atoms with E-state index >= 15 is 0 Å². The van der Waals surface area contributed by atoms with E-state index in [-0.39, 0.29) is 11.9 Å². The molecule has 1 amide bonds. The lowest BCUT2D eigenvalue weighted by atomic mass is 10.1. The molecule has 24 heavy (non-hydrogen) atoms. The largest absolute Gasteiger partial charge is 0.348 e. The lowest BCUT2D eigenvalue weighted by molar-refractivity contribution is 0.0947. The molecule has 1 N–H and O–H groups in total. The van der Waals surface area contributed by atoms with E-state index in [4.69, 9.17) is 0 Å². The first kappa shape index (κ1) is 13.2. The van der Waals surface area contributed by atoms with Crippen molar-refractivity contribution in [1.29, 1.82) is 0 Å². The van der Waals surface area contributed by atoms with Crippen molar-refractivity contribution in [2.75, 3.05) is 0 Å². The fourth-order valence-electron chi connectivity index (χ4n) is 2.84. The van der Waals surface area contributed by atoms with Gasteiger partial charge >= 0.3 is 0 Å². The third-order valence-electron chi connectivity index (χ3n) is 4.19. The molecule has 0 spiro atoms. The zero-order chi connectivity index (χ0) is 16.1. The number of nitrogens with zero attached hydrogens (tertiary/aromatic N) is 5. The Morgan fingerprint density at radius 1 is 1.12 bits per heavy atom. The number of pyridine rings is 1. The number of carbonyl (C=O) groups excluding carboxylic acids is 1. The summed E-state index contributed by atoms with van der Waals surface area (Å²) in [6, 6.07) is 9.78. The topological polar surface area (TPSA) is 76.6 Å². The highest BCUT2D eigenvalue weighted by Gasteiger charge is 2.28. The highest BCUT2D eigenvalue weighted by Crippen LogP contribution is 2.26. The molecule has 1 fully saturated rings. The van der Waals surface area contributed by atoms with Crippen LogP contribution in [0.5, 0.6) is 0 Å². The first-order chi connectivity index (χ1) is 11.8. The summed E-state index contributed by atoms with van der Waals surface area (Å²) in [5.74, 6) is -0.154. The summed E-state index contributed by atoms with van der Waals surface area (Å²) in [6.45, 7) is 0. The second-order valence-corrected chi connectivity index (χ2v) is 5.97. The van der Waals surface area contributed by atoms with E-state index in [2.05, 4.69) is 20.5 Å². The van der Waals surface area contributed by atoms with Gasteiger partial charge in [0.2, 0.25) is 0 Å². The molecule has 0 aromatic carbocycles. The number of hydrogen-bond donors (Lipinski definition) is 1. The van der Waals surface area contributed by atoms with Crippen molar-refractivity contribution in [2.24, 2.45) is 0 Å². The number of rotatable bonds is 3. The number of amides is 1. The molecule has 1 aliphatic carbocycles. The van der Waals surface area contributed by atoms with E-state index in [1.807, 2.05) is 36.5 Å². The van der Waals surface area contributed by atoms with Crippen LogP contribution in [0.15, 0.2) is 48.9 Å². The van der Waals surface area contributed by atoms with Crippen LogP contribution >= 0.6 is 0 Å². The van der Waals surface area contributed by atoms with Gasteiger partial charge in [0, 0.05) is 30.2 Å². The van der Waals surface area contributed by atoms with E-state index in [1.165, 1.54) is 0 Å². The van der Waals surface area contributed by atoms with Gasteiger partial charge in [-0.15, -0.1) is 0 Å². The summed E-state index contributed by atoms with van der Waals surface area (Å²) in [5, 5.41) is 11.6. The third-order valence-corrected chi connectivity index (χ3v) is 4.19. The molecule has 7 heteroatoms. The molecule has 0 bridgehead atoms. The van der Waals surface area contributed by atoms with E-state index in [0.29, 0.717) is 17.0 Å². The number of imidazole rings is 1. The Bertz CT molecular complexity index is 1080. The number of carbonyl (C=O) groups is 1. The van der Waals surface area contributed by atoms with Gasteiger partial charge in [-0.25, -0.2) is 14.0 Å². The monoisotopic (exact) mass is 318 g/mol. The number of nitrogens with one attached hydrogen (secondary N) is 1. The Morgan fingerprint density at radius 2 is 2.04 bits per heavy atom. The zero-order valence-corrected chi connectivity index (χ0v) is 12.8. The normalized spacial score (nSPS) is 14.3. The van der Waals surface area contributed by atoms with Gasteiger partial charge in [0.1, 0.15) is 5.69 Å². The van der Waals surface area contributed by atoms with Crippen LogP contribution in [0.1, 0.15) is 23.3 Å². The van der Waals surface area contributed by atoms with Crippen molar-refractivity contribution < 1.29 is 4.79 Å². The van der Waals surface area contributed by atoms with Gasteiger partial charge in [-0.3, -0.25) is 4.79 Å². The van der Waals surface area contributed by atoms with Crippen LogP contribution in [0.4, 0.5) is 0 Å². The third kappa shape index (κ3) is 2.05. The number of hydrogen-bond acceptors (Lipinski definition) is 4. The van der Waals surface area contributed by atoms with Crippen molar-refractivity contribution in [3.8, 4) is 11.3 Å². The maximum atomic E-state index is 12.6. The van der Waals surface area contributed by atoms with Crippen LogP contribution in [-0.2, 0) is 0 Å². The number of fused-ring (bicyclic) bond motifs is 2. The Labute approximate surface area is 136 Å². The Balaban J connectivity index is 1.73. The van der Waals surface area contributed by atoms with Crippen LogP contribution in [-0.4, -0.2) is 36.2 Å². The minimum atomic E-state index is -0.154. The summed E-state index contributed by atoms with van der Waals surface area (Å²) in [7, 11) is 0. The lowest BCUT2D eigenvalue weighted by Gasteiger charge is -2.06. The van der Waals surface area contributed by atoms with Crippen molar-refractivity contribution in [2.45, 2.75) is 18.9 Å². The van der Waals surface area contributed by atoms with Gasteiger partial charge in [0.15, 0.2) is 11.3 Å². The molecular formula is C17H14N6O. The second-order valence-electron chi connectivity index (χ2n) is 5.97. The summed E-state index contributed by atoms with van der Waals surface area (Å²) >= 11 is 0. The SMILES string of the molecule is O=C(NC1CC1)c1nc2cccnn2c1-c1ccc2ccnn2c1. The van der Waals surface area contributed by atoms with E-state index in [0.717, 1.165) is 23.9 Å². The summed E-state index contributed by atoms with van der Waals surface area (Å²) in [4.78, 5) is 17.1. The average Bonchev–Trinajstić information content (AvgIpc) is 3.15.